The van der Waals surface area contributed by atoms with Crippen LogP contribution >= 0.6 is 11.3 Å². The molecule has 0 aliphatic carbocycles. The first kappa shape index (κ1) is 20.0. The molecule has 0 saturated carbocycles. The Morgan fingerprint density at radius 3 is 2.48 bits per heavy atom. The van der Waals surface area contributed by atoms with Crippen LogP contribution in [-0.4, -0.2) is 46.2 Å². The summed E-state index contributed by atoms with van der Waals surface area (Å²) in [6, 6.07) is 0. The predicted molar refractivity (Wildman–Crippen MR) is 94.2 cm³/mol. The topological polar surface area (TPSA) is 154 Å². The predicted octanol–water partition coefficient (Wildman–Crippen LogP) is 2.29. The molecule has 0 atom stereocenters. The van der Waals surface area contributed by atoms with Crippen LogP contribution in [-0.2, 0) is 9.47 Å². The van der Waals surface area contributed by atoms with Gasteiger partial charge >= 0.3 is 17.6 Å². The van der Waals surface area contributed by atoms with E-state index in [0.717, 1.165) is 17.5 Å². The summed E-state index contributed by atoms with van der Waals surface area (Å²) < 4.78 is 9.92. The molecule has 0 fully saturated rings. The second kappa shape index (κ2) is 8.40. The number of esters is 2. The summed E-state index contributed by atoms with van der Waals surface area (Å²) >= 11 is 0.817. The lowest BCUT2D eigenvalue weighted by atomic mass is 10.1. The molecule has 144 valence electrons. The number of H-pyrrole nitrogens is 1. The molecule has 0 saturated heterocycles. The first-order chi connectivity index (χ1) is 12.8. The molecule has 0 aliphatic heterocycles. The average molecular weight is 396 g/mol. The summed E-state index contributed by atoms with van der Waals surface area (Å²) in [7, 11) is 0. The van der Waals surface area contributed by atoms with E-state index in [1.54, 1.807) is 13.8 Å². The standard InChI is InChI=1S/C15H16N4O7S/c1-4-25-14(21)9-7(3)11(15(22)26-5-2)27-13(9)17-12(20)10-8(19(23)24)6-16-18-10/h6H,4-5H2,1-3H3,(H,16,18)(H,17,20). The van der Waals surface area contributed by atoms with Crippen molar-refractivity contribution in [2.45, 2.75) is 20.8 Å². The van der Waals surface area contributed by atoms with Crippen LogP contribution in [0.15, 0.2) is 6.20 Å². The number of aromatic amines is 1. The van der Waals surface area contributed by atoms with E-state index in [4.69, 9.17) is 9.47 Å². The highest BCUT2D eigenvalue weighted by atomic mass is 32.1. The average Bonchev–Trinajstić information content (AvgIpc) is 3.20. The van der Waals surface area contributed by atoms with Crippen molar-refractivity contribution in [3.63, 3.8) is 0 Å². The maximum Gasteiger partial charge on any atom is 0.348 e. The zero-order chi connectivity index (χ0) is 20.1. The third-order valence-corrected chi connectivity index (χ3v) is 4.54. The van der Waals surface area contributed by atoms with Crippen molar-refractivity contribution >= 4 is 39.9 Å². The Morgan fingerprint density at radius 1 is 1.26 bits per heavy atom. The van der Waals surface area contributed by atoms with E-state index in [0.29, 0.717) is 0 Å². The van der Waals surface area contributed by atoms with Gasteiger partial charge in [0.05, 0.1) is 23.7 Å². The molecule has 2 rings (SSSR count). The number of nitro groups is 1. The number of thiophene rings is 1. The lowest BCUT2D eigenvalue weighted by Gasteiger charge is -2.06. The van der Waals surface area contributed by atoms with Crippen molar-refractivity contribution in [1.29, 1.82) is 0 Å². The molecule has 27 heavy (non-hydrogen) atoms. The molecule has 0 bridgehead atoms. The van der Waals surface area contributed by atoms with Gasteiger partial charge in [-0.2, -0.15) is 5.10 Å². The van der Waals surface area contributed by atoms with Crippen LogP contribution in [0, 0.1) is 17.0 Å². The number of nitrogens with zero attached hydrogens (tertiary/aromatic N) is 2. The minimum absolute atomic E-state index is 0.0135. The Kier molecular flexibility index (Phi) is 6.23. The maximum absolute atomic E-state index is 12.4. The van der Waals surface area contributed by atoms with Gasteiger partial charge < -0.3 is 14.8 Å². The van der Waals surface area contributed by atoms with Crippen molar-refractivity contribution in [1.82, 2.24) is 10.2 Å². The van der Waals surface area contributed by atoms with Gasteiger partial charge in [0.1, 0.15) is 16.1 Å². The van der Waals surface area contributed by atoms with E-state index in [9.17, 15) is 24.5 Å². The highest BCUT2D eigenvalue weighted by molar-refractivity contribution is 7.18. The van der Waals surface area contributed by atoms with Crippen LogP contribution in [0.25, 0.3) is 0 Å². The van der Waals surface area contributed by atoms with Crippen LogP contribution in [0.3, 0.4) is 0 Å². The minimum atomic E-state index is -0.888. The molecule has 11 nitrogen and oxygen atoms in total. The van der Waals surface area contributed by atoms with E-state index < -0.39 is 34.2 Å². The number of anilines is 1. The molecule has 0 spiro atoms. The number of aromatic nitrogens is 2. The molecule has 0 radical (unpaired) electrons. The van der Waals surface area contributed by atoms with Gasteiger partial charge in [0.25, 0.3) is 5.91 Å². The number of nitrogens with one attached hydrogen (secondary N) is 2. The summed E-state index contributed by atoms with van der Waals surface area (Å²) in [6.45, 7) is 4.98. The van der Waals surface area contributed by atoms with Crippen molar-refractivity contribution < 1.29 is 28.8 Å². The number of carbonyl (C=O) groups is 3. The molecule has 0 aromatic carbocycles. The van der Waals surface area contributed by atoms with E-state index in [1.807, 2.05) is 0 Å². The van der Waals surface area contributed by atoms with E-state index >= 15 is 0 Å². The summed E-state index contributed by atoms with van der Waals surface area (Å²) in [5.74, 6) is -2.28. The highest BCUT2D eigenvalue weighted by Gasteiger charge is 2.29. The number of rotatable bonds is 7. The Balaban J connectivity index is 2.44. The third kappa shape index (κ3) is 4.11. The number of hydrogen-bond acceptors (Lipinski definition) is 9. The monoisotopic (exact) mass is 396 g/mol. The Bertz CT molecular complexity index is 902. The Labute approximate surface area is 156 Å². The Morgan fingerprint density at radius 2 is 1.89 bits per heavy atom. The van der Waals surface area contributed by atoms with Crippen LogP contribution in [0.4, 0.5) is 10.7 Å². The Hall–Kier alpha value is -3.28. The second-order valence-corrected chi connectivity index (χ2v) is 6.06. The van der Waals surface area contributed by atoms with E-state index in [1.165, 1.54) is 6.92 Å². The largest absolute Gasteiger partial charge is 0.462 e. The maximum atomic E-state index is 12.4. The van der Waals surface area contributed by atoms with Crippen molar-refractivity contribution in [2.75, 3.05) is 18.5 Å². The van der Waals surface area contributed by atoms with E-state index in [-0.39, 0.29) is 34.2 Å². The molecule has 2 aromatic rings. The fraction of sp³-hybridized carbons (Fsp3) is 0.333. The molecule has 2 heterocycles. The fourth-order valence-electron chi connectivity index (χ4n) is 2.19. The number of amides is 1. The van der Waals surface area contributed by atoms with Crippen molar-refractivity contribution in [2.24, 2.45) is 0 Å². The molecule has 0 unspecified atom stereocenters. The van der Waals surface area contributed by atoms with Crippen LogP contribution in [0.5, 0.6) is 0 Å². The summed E-state index contributed by atoms with van der Waals surface area (Å²) in [5.41, 5.74) is -0.644. The summed E-state index contributed by atoms with van der Waals surface area (Å²) in [4.78, 5) is 47.1. The van der Waals surface area contributed by atoms with Gasteiger partial charge in [0.2, 0.25) is 5.69 Å². The number of carbonyl (C=O) groups excluding carboxylic acids is 3. The SMILES string of the molecule is CCOC(=O)c1sc(NC(=O)c2[nH]ncc2[N+](=O)[O-])c(C(=O)OCC)c1C. The highest BCUT2D eigenvalue weighted by Crippen LogP contribution is 2.35. The van der Waals surface area contributed by atoms with Crippen LogP contribution in [0.2, 0.25) is 0 Å². The smallest absolute Gasteiger partial charge is 0.348 e. The third-order valence-electron chi connectivity index (χ3n) is 3.36. The van der Waals surface area contributed by atoms with E-state index in [2.05, 4.69) is 15.5 Å². The van der Waals surface area contributed by atoms with Gasteiger partial charge in [-0.25, -0.2) is 9.59 Å². The second-order valence-electron chi connectivity index (χ2n) is 5.04. The van der Waals surface area contributed by atoms with Gasteiger partial charge in [0, 0.05) is 0 Å². The van der Waals surface area contributed by atoms with Gasteiger partial charge in [-0.15, -0.1) is 11.3 Å². The van der Waals surface area contributed by atoms with Gasteiger partial charge in [-0.05, 0) is 26.3 Å². The number of ether oxygens (including phenoxy) is 2. The summed E-state index contributed by atoms with van der Waals surface area (Å²) in [6.07, 6.45) is 0.894. The normalized spacial score (nSPS) is 10.3. The summed E-state index contributed by atoms with van der Waals surface area (Å²) in [5, 5.41) is 19.1. The van der Waals surface area contributed by atoms with Gasteiger partial charge in [-0.3, -0.25) is 20.0 Å². The zero-order valence-corrected chi connectivity index (χ0v) is 15.5. The van der Waals surface area contributed by atoms with Crippen LogP contribution in [0.1, 0.15) is 49.9 Å². The molecule has 12 heteroatoms. The molecular weight excluding hydrogens is 380 g/mol. The van der Waals surface area contributed by atoms with Crippen molar-refractivity contribution in [3.8, 4) is 0 Å². The lowest BCUT2D eigenvalue weighted by Crippen LogP contribution is -2.16. The van der Waals surface area contributed by atoms with Gasteiger partial charge in [0.15, 0.2) is 0 Å². The molecule has 2 N–H and O–H groups in total. The molecule has 0 aliphatic rings. The quantitative estimate of drug-likeness (QED) is 0.410. The zero-order valence-electron chi connectivity index (χ0n) is 14.7. The van der Waals surface area contributed by atoms with Crippen molar-refractivity contribution in [3.05, 3.63) is 38.0 Å². The first-order valence-electron chi connectivity index (χ1n) is 7.78. The minimum Gasteiger partial charge on any atom is -0.462 e. The number of hydrogen-bond donors (Lipinski definition) is 2. The first-order valence-corrected chi connectivity index (χ1v) is 8.60. The molecule has 2 aromatic heterocycles. The van der Waals surface area contributed by atoms with Gasteiger partial charge in [-0.1, -0.05) is 0 Å². The van der Waals surface area contributed by atoms with Crippen LogP contribution < -0.4 is 5.32 Å². The molecular formula is C15H16N4O7S. The fourth-order valence-corrected chi connectivity index (χ4v) is 3.28. The molecule has 1 amide bonds. The lowest BCUT2D eigenvalue weighted by molar-refractivity contribution is -0.385.